The van der Waals surface area contributed by atoms with Crippen LogP contribution in [0.15, 0.2) is 18.2 Å². The normalized spacial score (nSPS) is 22.5. The Morgan fingerprint density at radius 2 is 1.86 bits per heavy atom. The molecular formula is C21H32N3O4+. The van der Waals surface area contributed by atoms with Crippen LogP contribution in [0.3, 0.4) is 0 Å². The van der Waals surface area contributed by atoms with E-state index in [9.17, 15) is 9.59 Å². The van der Waals surface area contributed by atoms with Crippen LogP contribution in [0.5, 0.6) is 11.5 Å². The highest BCUT2D eigenvalue weighted by molar-refractivity contribution is 5.94. The molecule has 2 fully saturated rings. The molecule has 2 aliphatic rings. The number of imide groups is 1. The van der Waals surface area contributed by atoms with Crippen LogP contribution in [0.2, 0.25) is 0 Å². The van der Waals surface area contributed by atoms with E-state index in [-0.39, 0.29) is 30.6 Å². The summed E-state index contributed by atoms with van der Waals surface area (Å²) in [7, 11) is 3.30. The zero-order chi connectivity index (χ0) is 19.9. The molecule has 0 spiro atoms. The quantitative estimate of drug-likeness (QED) is 0.689. The van der Waals surface area contributed by atoms with E-state index in [0.717, 1.165) is 67.0 Å². The molecule has 1 saturated heterocycles. The molecule has 2 atom stereocenters. The summed E-state index contributed by atoms with van der Waals surface area (Å²) in [4.78, 5) is 25.7. The molecule has 3 N–H and O–H groups in total. The van der Waals surface area contributed by atoms with Gasteiger partial charge in [0.25, 0.3) is 5.91 Å². The Labute approximate surface area is 166 Å². The Morgan fingerprint density at radius 1 is 1.07 bits per heavy atom. The summed E-state index contributed by atoms with van der Waals surface area (Å²) in [5.41, 5.74) is 1.05. The summed E-state index contributed by atoms with van der Waals surface area (Å²) >= 11 is 0. The van der Waals surface area contributed by atoms with Crippen LogP contribution in [0.1, 0.15) is 56.6 Å². The lowest BCUT2D eigenvalue weighted by Gasteiger charge is -2.24. The summed E-state index contributed by atoms with van der Waals surface area (Å²) in [6.45, 7) is 1.16. The molecule has 7 nitrogen and oxygen atoms in total. The largest absolute Gasteiger partial charge is 0.497 e. The van der Waals surface area contributed by atoms with Gasteiger partial charge in [0.05, 0.1) is 26.3 Å². The van der Waals surface area contributed by atoms with Gasteiger partial charge in [-0.1, -0.05) is 19.3 Å². The Kier molecular flexibility index (Phi) is 7.14. The number of methoxy groups -OCH3 is 2. The number of likely N-dealkylation sites (tertiary alicyclic amines) is 1. The lowest BCUT2D eigenvalue weighted by atomic mass is 9.96. The van der Waals surface area contributed by atoms with Crippen molar-refractivity contribution < 1.29 is 24.0 Å². The lowest BCUT2D eigenvalue weighted by Crippen LogP contribution is -3.11. The number of urea groups is 1. The monoisotopic (exact) mass is 390 g/mol. The second kappa shape index (κ2) is 9.78. The topological polar surface area (TPSA) is 81.1 Å². The van der Waals surface area contributed by atoms with E-state index >= 15 is 0 Å². The van der Waals surface area contributed by atoms with Gasteiger partial charge in [-0.2, -0.15) is 0 Å². The minimum atomic E-state index is -0.369. The van der Waals surface area contributed by atoms with Crippen molar-refractivity contribution in [2.45, 2.75) is 57.0 Å². The Hall–Kier alpha value is -2.28. The van der Waals surface area contributed by atoms with Crippen molar-refractivity contribution in [3.63, 3.8) is 0 Å². The van der Waals surface area contributed by atoms with Crippen molar-refractivity contribution in [3.8, 4) is 11.5 Å². The molecule has 1 saturated carbocycles. The second-order valence-electron chi connectivity index (χ2n) is 7.74. The standard InChI is InChI=1S/C21H31N3O4/c1-27-16-10-11-19(28-2)17(13-16)18-9-6-12-24(18)14-20(25)23-21(26)22-15-7-4-3-5-8-15/h10-11,13,15,18H,3-9,12,14H2,1-2H3,(H2,22,23,25,26)/p+1/t18-/m1/s1. The van der Waals surface area contributed by atoms with Crippen LogP contribution in [0, 0.1) is 0 Å². The zero-order valence-electron chi connectivity index (χ0n) is 16.9. The Balaban J connectivity index is 1.58. The van der Waals surface area contributed by atoms with Gasteiger partial charge < -0.3 is 19.7 Å². The van der Waals surface area contributed by atoms with Gasteiger partial charge in [0.15, 0.2) is 6.54 Å². The van der Waals surface area contributed by atoms with Crippen molar-refractivity contribution in [1.29, 1.82) is 0 Å². The maximum atomic E-state index is 12.5. The third-order valence-electron chi connectivity index (χ3n) is 5.88. The number of quaternary nitrogens is 1. The number of hydrogen-bond acceptors (Lipinski definition) is 4. The molecule has 3 amide bonds. The predicted octanol–water partition coefficient (Wildman–Crippen LogP) is 1.58. The van der Waals surface area contributed by atoms with Crippen molar-refractivity contribution in [2.75, 3.05) is 27.3 Å². The van der Waals surface area contributed by atoms with Gasteiger partial charge in [0.1, 0.15) is 17.5 Å². The van der Waals surface area contributed by atoms with Crippen molar-refractivity contribution >= 4 is 11.9 Å². The first-order valence-corrected chi connectivity index (χ1v) is 10.3. The van der Waals surface area contributed by atoms with E-state index < -0.39 is 0 Å². The third kappa shape index (κ3) is 5.16. The summed E-state index contributed by atoms with van der Waals surface area (Å²) < 4.78 is 10.9. The van der Waals surface area contributed by atoms with E-state index in [4.69, 9.17) is 9.47 Å². The number of amides is 3. The predicted molar refractivity (Wildman–Crippen MR) is 106 cm³/mol. The SMILES string of the molecule is COc1ccc(OC)c([C@H]2CCC[NH+]2CC(=O)NC(=O)NC2CCCCC2)c1. The minimum Gasteiger partial charge on any atom is -0.497 e. The summed E-state index contributed by atoms with van der Waals surface area (Å²) in [6, 6.07) is 5.74. The van der Waals surface area contributed by atoms with Crippen LogP contribution in [-0.2, 0) is 4.79 Å². The second-order valence-corrected chi connectivity index (χ2v) is 7.74. The van der Waals surface area contributed by atoms with E-state index in [2.05, 4.69) is 10.6 Å². The maximum Gasteiger partial charge on any atom is 0.321 e. The fourth-order valence-corrected chi connectivity index (χ4v) is 4.46. The molecule has 0 bridgehead atoms. The molecule has 1 unspecified atom stereocenters. The first-order valence-electron chi connectivity index (χ1n) is 10.3. The fraction of sp³-hybridized carbons (Fsp3) is 0.619. The number of ether oxygens (including phenoxy) is 2. The molecule has 1 aromatic rings. The van der Waals surface area contributed by atoms with Gasteiger partial charge >= 0.3 is 6.03 Å². The van der Waals surface area contributed by atoms with Gasteiger partial charge in [-0.15, -0.1) is 0 Å². The van der Waals surface area contributed by atoms with Crippen LogP contribution in [0.25, 0.3) is 0 Å². The number of benzene rings is 1. The summed E-state index contributed by atoms with van der Waals surface area (Å²) in [5, 5.41) is 5.45. The van der Waals surface area contributed by atoms with Gasteiger partial charge in [0.2, 0.25) is 0 Å². The molecule has 1 aliphatic carbocycles. The fourth-order valence-electron chi connectivity index (χ4n) is 4.46. The molecule has 1 aromatic carbocycles. The smallest absolute Gasteiger partial charge is 0.321 e. The van der Waals surface area contributed by atoms with Gasteiger partial charge in [-0.05, 0) is 31.0 Å². The number of hydrogen-bond donors (Lipinski definition) is 3. The van der Waals surface area contributed by atoms with Gasteiger partial charge in [0, 0.05) is 18.9 Å². The Morgan fingerprint density at radius 3 is 2.57 bits per heavy atom. The average molecular weight is 391 g/mol. The van der Waals surface area contributed by atoms with Crippen LogP contribution in [-0.4, -0.2) is 45.3 Å². The Bertz CT molecular complexity index is 688. The lowest BCUT2D eigenvalue weighted by molar-refractivity contribution is -0.910. The zero-order valence-corrected chi connectivity index (χ0v) is 16.9. The molecule has 0 aromatic heterocycles. The van der Waals surface area contributed by atoms with Gasteiger partial charge in [-0.3, -0.25) is 10.1 Å². The molecule has 1 aliphatic heterocycles. The molecule has 7 heteroatoms. The van der Waals surface area contributed by atoms with Crippen molar-refractivity contribution in [1.82, 2.24) is 10.6 Å². The highest BCUT2D eigenvalue weighted by Gasteiger charge is 2.34. The average Bonchev–Trinajstić information content (AvgIpc) is 3.15. The number of carbonyl (C=O) groups excluding carboxylic acids is 2. The maximum absolute atomic E-state index is 12.5. The highest BCUT2D eigenvalue weighted by atomic mass is 16.5. The van der Waals surface area contributed by atoms with E-state index in [1.807, 2.05) is 18.2 Å². The highest BCUT2D eigenvalue weighted by Crippen LogP contribution is 2.31. The first kappa shape index (κ1) is 20.5. The number of rotatable bonds is 6. The molecule has 3 rings (SSSR count). The molecular weight excluding hydrogens is 358 g/mol. The molecule has 0 radical (unpaired) electrons. The van der Waals surface area contributed by atoms with E-state index in [1.54, 1.807) is 14.2 Å². The molecule has 154 valence electrons. The molecule has 1 heterocycles. The first-order chi connectivity index (χ1) is 13.6. The van der Waals surface area contributed by atoms with Gasteiger partial charge in [-0.25, -0.2) is 4.79 Å². The number of carbonyl (C=O) groups is 2. The van der Waals surface area contributed by atoms with Crippen molar-refractivity contribution in [2.24, 2.45) is 0 Å². The third-order valence-corrected chi connectivity index (χ3v) is 5.88. The number of nitrogens with one attached hydrogen (secondary N) is 3. The van der Waals surface area contributed by atoms with E-state index in [0.29, 0.717) is 0 Å². The van der Waals surface area contributed by atoms with Crippen LogP contribution < -0.4 is 25.0 Å². The van der Waals surface area contributed by atoms with Crippen LogP contribution in [0.4, 0.5) is 4.79 Å². The van der Waals surface area contributed by atoms with Crippen molar-refractivity contribution in [3.05, 3.63) is 23.8 Å². The summed E-state index contributed by atoms with van der Waals surface area (Å²) in [5.74, 6) is 1.34. The minimum absolute atomic E-state index is 0.150. The van der Waals surface area contributed by atoms with Crippen LogP contribution >= 0.6 is 0 Å². The van der Waals surface area contributed by atoms with E-state index in [1.165, 1.54) is 6.42 Å². The summed E-state index contributed by atoms with van der Waals surface area (Å²) in [6.07, 6.45) is 7.50. The molecule has 28 heavy (non-hydrogen) atoms.